The summed E-state index contributed by atoms with van der Waals surface area (Å²) in [7, 11) is 1.38. The molecule has 0 amide bonds. The van der Waals surface area contributed by atoms with Gasteiger partial charge in [-0.05, 0) is 42.2 Å². The lowest BCUT2D eigenvalue weighted by molar-refractivity contribution is 0.0600. The SMILES string of the molecule is CCCCc1ccccc1/N=C/c1ccc(C(=O)OC)cc1. The van der Waals surface area contributed by atoms with E-state index in [4.69, 9.17) is 0 Å². The molecule has 0 unspecified atom stereocenters. The minimum Gasteiger partial charge on any atom is -0.465 e. The van der Waals surface area contributed by atoms with Crippen LogP contribution in [0.2, 0.25) is 0 Å². The summed E-state index contributed by atoms with van der Waals surface area (Å²) in [6, 6.07) is 15.4. The molecule has 3 heteroatoms. The van der Waals surface area contributed by atoms with Gasteiger partial charge in [0.1, 0.15) is 0 Å². The first-order chi connectivity index (χ1) is 10.7. The van der Waals surface area contributed by atoms with E-state index in [0.29, 0.717) is 5.56 Å². The van der Waals surface area contributed by atoms with Crippen LogP contribution in [0, 0.1) is 0 Å². The molecule has 0 spiro atoms. The lowest BCUT2D eigenvalue weighted by Gasteiger charge is -2.04. The molecule has 0 saturated carbocycles. The van der Waals surface area contributed by atoms with Crippen molar-refractivity contribution in [2.75, 3.05) is 7.11 Å². The predicted octanol–water partition coefficient (Wildman–Crippen LogP) is 4.57. The second-order valence-electron chi connectivity index (χ2n) is 5.10. The Morgan fingerprint density at radius 1 is 1.14 bits per heavy atom. The highest BCUT2D eigenvalue weighted by atomic mass is 16.5. The first-order valence-electron chi connectivity index (χ1n) is 7.55. The third-order valence-corrected chi connectivity index (χ3v) is 3.48. The fourth-order valence-corrected chi connectivity index (χ4v) is 2.18. The van der Waals surface area contributed by atoms with Crippen LogP contribution in [0.15, 0.2) is 53.5 Å². The molecule has 22 heavy (non-hydrogen) atoms. The van der Waals surface area contributed by atoms with Gasteiger partial charge in [-0.2, -0.15) is 0 Å². The highest BCUT2D eigenvalue weighted by Crippen LogP contribution is 2.20. The minimum absolute atomic E-state index is 0.326. The van der Waals surface area contributed by atoms with Gasteiger partial charge in [-0.3, -0.25) is 4.99 Å². The maximum Gasteiger partial charge on any atom is 0.337 e. The fraction of sp³-hybridized carbons (Fsp3) is 0.263. The molecule has 0 aliphatic carbocycles. The zero-order chi connectivity index (χ0) is 15.8. The molecule has 0 saturated heterocycles. The second-order valence-corrected chi connectivity index (χ2v) is 5.10. The molecule has 114 valence electrons. The molecule has 2 rings (SSSR count). The summed E-state index contributed by atoms with van der Waals surface area (Å²) in [5.74, 6) is -0.326. The molecule has 0 N–H and O–H groups in total. The molecule has 0 heterocycles. The molecule has 3 nitrogen and oxygen atoms in total. The lowest BCUT2D eigenvalue weighted by atomic mass is 10.1. The average Bonchev–Trinajstić information content (AvgIpc) is 2.58. The molecular weight excluding hydrogens is 274 g/mol. The Balaban J connectivity index is 2.13. The van der Waals surface area contributed by atoms with Crippen molar-refractivity contribution in [3.63, 3.8) is 0 Å². The Hall–Kier alpha value is -2.42. The van der Waals surface area contributed by atoms with Gasteiger partial charge < -0.3 is 4.74 Å². The van der Waals surface area contributed by atoms with Gasteiger partial charge in [0.2, 0.25) is 0 Å². The first kappa shape index (κ1) is 16.0. The molecule has 0 aliphatic heterocycles. The van der Waals surface area contributed by atoms with Crippen molar-refractivity contribution in [1.82, 2.24) is 0 Å². The van der Waals surface area contributed by atoms with Crippen molar-refractivity contribution >= 4 is 17.9 Å². The van der Waals surface area contributed by atoms with E-state index in [1.807, 2.05) is 30.5 Å². The van der Waals surface area contributed by atoms with Crippen LogP contribution in [0.25, 0.3) is 0 Å². The number of unbranched alkanes of at least 4 members (excludes halogenated alkanes) is 1. The van der Waals surface area contributed by atoms with Crippen LogP contribution < -0.4 is 0 Å². The number of benzene rings is 2. The fourth-order valence-electron chi connectivity index (χ4n) is 2.18. The third-order valence-electron chi connectivity index (χ3n) is 3.48. The highest BCUT2D eigenvalue weighted by molar-refractivity contribution is 5.91. The zero-order valence-electron chi connectivity index (χ0n) is 13.1. The predicted molar refractivity (Wildman–Crippen MR) is 90.1 cm³/mol. The number of rotatable bonds is 6. The number of methoxy groups -OCH3 is 1. The molecule has 0 aromatic heterocycles. The van der Waals surface area contributed by atoms with E-state index in [-0.39, 0.29) is 5.97 Å². The van der Waals surface area contributed by atoms with Crippen LogP contribution in [-0.4, -0.2) is 19.3 Å². The van der Waals surface area contributed by atoms with Crippen LogP contribution in [-0.2, 0) is 11.2 Å². The topological polar surface area (TPSA) is 38.7 Å². The lowest BCUT2D eigenvalue weighted by Crippen LogP contribution is -2.00. The number of aryl methyl sites for hydroxylation is 1. The normalized spacial score (nSPS) is 10.8. The van der Waals surface area contributed by atoms with Crippen molar-refractivity contribution in [1.29, 1.82) is 0 Å². The van der Waals surface area contributed by atoms with Crippen LogP contribution in [0.1, 0.15) is 41.3 Å². The van der Waals surface area contributed by atoms with E-state index >= 15 is 0 Å². The Morgan fingerprint density at radius 3 is 2.55 bits per heavy atom. The smallest absolute Gasteiger partial charge is 0.337 e. The van der Waals surface area contributed by atoms with Crippen LogP contribution in [0.4, 0.5) is 5.69 Å². The van der Waals surface area contributed by atoms with Crippen LogP contribution >= 0.6 is 0 Å². The standard InChI is InChI=1S/C19H21NO2/c1-3-4-7-16-8-5-6-9-18(16)20-14-15-10-12-17(13-11-15)19(21)22-2/h5-6,8-14H,3-4,7H2,1-2H3/b20-14+. The van der Waals surface area contributed by atoms with Crippen molar-refractivity contribution in [3.05, 3.63) is 65.2 Å². The molecule has 0 fully saturated rings. The van der Waals surface area contributed by atoms with E-state index < -0.39 is 0 Å². The average molecular weight is 295 g/mol. The van der Waals surface area contributed by atoms with Gasteiger partial charge in [0, 0.05) is 6.21 Å². The largest absolute Gasteiger partial charge is 0.465 e. The molecule has 0 radical (unpaired) electrons. The van der Waals surface area contributed by atoms with Gasteiger partial charge >= 0.3 is 5.97 Å². The Morgan fingerprint density at radius 2 is 1.86 bits per heavy atom. The molecule has 0 atom stereocenters. The number of carbonyl (C=O) groups excluding carboxylic acids is 1. The van der Waals surface area contributed by atoms with Gasteiger partial charge in [-0.25, -0.2) is 4.79 Å². The van der Waals surface area contributed by atoms with Gasteiger partial charge in [0.05, 0.1) is 18.4 Å². The van der Waals surface area contributed by atoms with Crippen LogP contribution in [0.5, 0.6) is 0 Å². The number of para-hydroxylation sites is 1. The monoisotopic (exact) mass is 295 g/mol. The number of hydrogen-bond acceptors (Lipinski definition) is 3. The van der Waals surface area contributed by atoms with Crippen LogP contribution in [0.3, 0.4) is 0 Å². The van der Waals surface area contributed by atoms with E-state index in [9.17, 15) is 4.79 Å². The number of aliphatic imine (C=N–C) groups is 1. The quantitative estimate of drug-likeness (QED) is 0.578. The summed E-state index contributed by atoms with van der Waals surface area (Å²) in [5.41, 5.74) is 3.78. The summed E-state index contributed by atoms with van der Waals surface area (Å²) >= 11 is 0. The number of ether oxygens (including phenoxy) is 1. The number of esters is 1. The second kappa shape index (κ2) is 8.13. The maximum atomic E-state index is 11.4. The first-order valence-corrected chi connectivity index (χ1v) is 7.55. The Labute approximate surface area is 131 Å². The van der Waals surface area contributed by atoms with Crippen molar-refractivity contribution in [3.8, 4) is 0 Å². The van der Waals surface area contributed by atoms with E-state index in [1.165, 1.54) is 25.5 Å². The Bertz CT molecular complexity index is 645. The summed E-state index contributed by atoms with van der Waals surface area (Å²) in [6.07, 6.45) is 5.21. The highest BCUT2D eigenvalue weighted by Gasteiger charge is 2.03. The third kappa shape index (κ3) is 4.29. The molecular formula is C19H21NO2. The number of nitrogens with zero attached hydrogens (tertiary/aromatic N) is 1. The summed E-state index contributed by atoms with van der Waals surface area (Å²) in [4.78, 5) is 16.0. The van der Waals surface area contributed by atoms with E-state index in [1.54, 1.807) is 12.1 Å². The van der Waals surface area contributed by atoms with E-state index in [0.717, 1.165) is 17.7 Å². The number of hydrogen-bond donors (Lipinski definition) is 0. The zero-order valence-corrected chi connectivity index (χ0v) is 13.1. The van der Waals surface area contributed by atoms with Gasteiger partial charge in [-0.15, -0.1) is 0 Å². The van der Waals surface area contributed by atoms with E-state index in [2.05, 4.69) is 28.8 Å². The van der Waals surface area contributed by atoms with Crippen molar-refractivity contribution in [2.45, 2.75) is 26.2 Å². The summed E-state index contributed by atoms with van der Waals surface area (Å²) in [5, 5.41) is 0. The number of carbonyl (C=O) groups is 1. The van der Waals surface area contributed by atoms with Gasteiger partial charge in [0.15, 0.2) is 0 Å². The van der Waals surface area contributed by atoms with Gasteiger partial charge in [0.25, 0.3) is 0 Å². The van der Waals surface area contributed by atoms with Crippen molar-refractivity contribution in [2.24, 2.45) is 4.99 Å². The molecule has 0 bridgehead atoms. The minimum atomic E-state index is -0.326. The van der Waals surface area contributed by atoms with Crippen molar-refractivity contribution < 1.29 is 9.53 Å². The molecule has 2 aromatic rings. The van der Waals surface area contributed by atoms with Gasteiger partial charge in [-0.1, -0.05) is 43.7 Å². The summed E-state index contributed by atoms with van der Waals surface area (Å²) < 4.78 is 4.69. The molecule has 0 aliphatic rings. The Kier molecular flexibility index (Phi) is 5.90. The summed E-state index contributed by atoms with van der Waals surface area (Å²) in [6.45, 7) is 2.19. The molecule has 2 aromatic carbocycles. The maximum absolute atomic E-state index is 11.4.